The number of anilines is 1. The molecule has 12 heteroatoms. The van der Waals surface area contributed by atoms with Crippen molar-refractivity contribution in [1.82, 2.24) is 4.98 Å². The first-order valence-electron chi connectivity index (χ1n) is 7.82. The molecule has 6 nitrogen and oxygen atoms in total. The second-order valence-corrected chi connectivity index (χ2v) is 8.14. The third-order valence-corrected chi connectivity index (χ3v) is 5.81. The van der Waals surface area contributed by atoms with E-state index >= 15 is 0 Å². The van der Waals surface area contributed by atoms with E-state index in [1.165, 1.54) is 18.5 Å². The molecule has 1 aliphatic carbocycles. The van der Waals surface area contributed by atoms with Gasteiger partial charge < -0.3 is 10.4 Å². The molecular formula is C17H14F5N3O3S. The van der Waals surface area contributed by atoms with Crippen LogP contribution in [0.2, 0.25) is 0 Å². The van der Waals surface area contributed by atoms with Crippen LogP contribution in [0, 0.1) is 11.3 Å². The van der Waals surface area contributed by atoms with Crippen LogP contribution in [0.1, 0.15) is 18.9 Å². The highest BCUT2D eigenvalue weighted by Gasteiger charge is 2.55. The molecule has 0 bridgehead atoms. The summed E-state index contributed by atoms with van der Waals surface area (Å²) in [6.45, 7) is 3.90. The van der Waals surface area contributed by atoms with Crippen molar-refractivity contribution in [1.29, 1.82) is 5.26 Å². The molecule has 1 saturated carbocycles. The number of aromatic nitrogens is 1. The monoisotopic (exact) mass is 435 g/mol. The smallest absolute Gasteiger partial charge is 0.382 e. The van der Waals surface area contributed by atoms with Crippen molar-refractivity contribution >= 4 is 15.5 Å². The SMILES string of the molecule is C=C/C(Nc1cncc(C#N)c1)=C1/CC(F)(F)[C@@H](O)/C1=C(/C)S(=O)(=O)C(F)(F)F. The number of halogens is 5. The minimum Gasteiger partial charge on any atom is -0.382 e. The summed E-state index contributed by atoms with van der Waals surface area (Å²) in [6.07, 6.45) is -0.596. The van der Waals surface area contributed by atoms with Crippen molar-refractivity contribution in [3.05, 3.63) is 58.4 Å². The Bertz CT molecular complexity index is 1050. The van der Waals surface area contributed by atoms with E-state index < -0.39 is 49.8 Å². The summed E-state index contributed by atoms with van der Waals surface area (Å²) in [6, 6.07) is 3.07. The minimum absolute atomic E-state index is 0.104. The standard InChI is InChI=1S/C17H14F5N3O3S/c1-3-13(25-11-4-10(6-23)7-24-8-11)12-5-16(18,19)15(26)14(12)9(2)29(27,28)17(20,21)22/h3-4,7-8,15,25-26H,1,5H2,2H3/b13-12+,14-9-/t15-/m0/s1. The predicted octanol–water partition coefficient (Wildman–Crippen LogP) is 3.41. The van der Waals surface area contributed by atoms with Crippen LogP contribution in [0.4, 0.5) is 27.6 Å². The van der Waals surface area contributed by atoms with E-state index in [0.29, 0.717) is 6.92 Å². The Kier molecular flexibility index (Phi) is 5.87. The molecule has 1 heterocycles. The van der Waals surface area contributed by atoms with Gasteiger partial charge in [-0.1, -0.05) is 6.58 Å². The Labute approximate surface area is 162 Å². The van der Waals surface area contributed by atoms with Crippen LogP contribution in [0.15, 0.2) is 52.9 Å². The van der Waals surface area contributed by atoms with E-state index in [-0.39, 0.29) is 16.9 Å². The van der Waals surface area contributed by atoms with Crippen molar-refractivity contribution in [3.63, 3.8) is 0 Å². The van der Waals surface area contributed by atoms with E-state index in [4.69, 9.17) is 5.26 Å². The fourth-order valence-corrected chi connectivity index (χ4v) is 3.61. The largest absolute Gasteiger partial charge is 0.501 e. The zero-order valence-corrected chi connectivity index (χ0v) is 15.6. The fourth-order valence-electron chi connectivity index (χ4n) is 2.74. The lowest BCUT2D eigenvalue weighted by molar-refractivity contribution is -0.0736. The number of nitrogens with zero attached hydrogens (tertiary/aromatic N) is 2. The maximum Gasteiger partial charge on any atom is 0.501 e. The van der Waals surface area contributed by atoms with Gasteiger partial charge in [0.1, 0.15) is 12.2 Å². The molecule has 1 aromatic heterocycles. The Morgan fingerprint density at radius 2 is 2.07 bits per heavy atom. The summed E-state index contributed by atoms with van der Waals surface area (Å²) < 4.78 is 90.5. The van der Waals surface area contributed by atoms with Gasteiger partial charge in [-0.3, -0.25) is 4.98 Å². The highest BCUT2D eigenvalue weighted by molar-refractivity contribution is 7.96. The van der Waals surface area contributed by atoms with Crippen LogP contribution in [-0.2, 0) is 9.84 Å². The Hall–Kier alpha value is -2.78. The molecule has 0 unspecified atom stereocenters. The van der Waals surface area contributed by atoms with Gasteiger partial charge in [-0.15, -0.1) is 0 Å². The maximum absolute atomic E-state index is 14.1. The van der Waals surface area contributed by atoms with Crippen LogP contribution in [-0.4, -0.2) is 36.0 Å². The van der Waals surface area contributed by atoms with Crippen molar-refractivity contribution in [2.45, 2.75) is 30.9 Å². The van der Waals surface area contributed by atoms with Gasteiger partial charge >= 0.3 is 5.51 Å². The zero-order valence-electron chi connectivity index (χ0n) is 14.8. The van der Waals surface area contributed by atoms with Gasteiger partial charge in [0, 0.05) is 23.9 Å². The molecule has 0 aromatic carbocycles. The predicted molar refractivity (Wildman–Crippen MR) is 93.0 cm³/mol. The van der Waals surface area contributed by atoms with Gasteiger partial charge in [0.15, 0.2) is 0 Å². The van der Waals surface area contributed by atoms with E-state index in [1.807, 2.05) is 0 Å². The third-order valence-electron chi connectivity index (χ3n) is 4.17. The summed E-state index contributed by atoms with van der Waals surface area (Å²) in [5.74, 6) is -3.91. The first-order valence-corrected chi connectivity index (χ1v) is 9.30. The van der Waals surface area contributed by atoms with Gasteiger partial charge in [-0.2, -0.15) is 18.4 Å². The molecule has 0 amide bonds. The van der Waals surface area contributed by atoms with E-state index in [1.54, 1.807) is 6.07 Å². The molecule has 1 atom stereocenters. The van der Waals surface area contributed by atoms with Crippen LogP contribution in [0.25, 0.3) is 0 Å². The second-order valence-electron chi connectivity index (χ2n) is 6.05. The fraction of sp³-hybridized carbons (Fsp3) is 0.294. The van der Waals surface area contributed by atoms with Gasteiger partial charge in [0.25, 0.3) is 15.8 Å². The average Bonchev–Trinajstić information content (AvgIpc) is 2.87. The first kappa shape index (κ1) is 22.5. The molecule has 2 rings (SSSR count). The molecule has 0 spiro atoms. The highest BCUT2D eigenvalue weighted by Crippen LogP contribution is 2.47. The molecule has 2 N–H and O–H groups in total. The summed E-state index contributed by atoms with van der Waals surface area (Å²) in [5.41, 5.74) is -7.38. The van der Waals surface area contributed by atoms with Gasteiger partial charge in [-0.25, -0.2) is 17.2 Å². The van der Waals surface area contributed by atoms with E-state index in [2.05, 4.69) is 16.9 Å². The van der Waals surface area contributed by atoms with Crippen molar-refractivity contribution in [2.24, 2.45) is 0 Å². The number of rotatable bonds is 4. The number of sulfone groups is 1. The van der Waals surface area contributed by atoms with Gasteiger partial charge in [-0.05, 0) is 24.6 Å². The van der Waals surface area contributed by atoms with E-state index in [9.17, 15) is 35.5 Å². The van der Waals surface area contributed by atoms with Crippen molar-refractivity contribution in [2.75, 3.05) is 5.32 Å². The first-order chi connectivity index (χ1) is 13.3. The molecule has 0 radical (unpaired) electrons. The van der Waals surface area contributed by atoms with Crippen LogP contribution in [0.5, 0.6) is 0 Å². The Balaban J connectivity index is 2.72. The molecule has 0 aliphatic heterocycles. The number of alkyl halides is 5. The molecule has 1 aromatic rings. The average molecular weight is 435 g/mol. The van der Waals surface area contributed by atoms with Gasteiger partial charge in [0.2, 0.25) is 0 Å². The summed E-state index contributed by atoms with van der Waals surface area (Å²) in [4.78, 5) is 2.31. The number of nitrogens with one attached hydrogen (secondary N) is 1. The number of allylic oxidation sites excluding steroid dienone is 2. The maximum atomic E-state index is 14.1. The lowest BCUT2D eigenvalue weighted by Gasteiger charge is -2.17. The van der Waals surface area contributed by atoms with Crippen molar-refractivity contribution in [3.8, 4) is 6.07 Å². The molecular weight excluding hydrogens is 421 g/mol. The number of hydrogen-bond acceptors (Lipinski definition) is 6. The normalized spacial score (nSPS) is 22.6. The lowest BCUT2D eigenvalue weighted by atomic mass is 10.1. The van der Waals surface area contributed by atoms with Crippen molar-refractivity contribution < 1.29 is 35.5 Å². The molecule has 29 heavy (non-hydrogen) atoms. The zero-order chi connectivity index (χ0) is 22.2. The molecule has 0 saturated heterocycles. The highest BCUT2D eigenvalue weighted by atomic mass is 32.2. The number of pyridine rings is 1. The summed E-state index contributed by atoms with van der Waals surface area (Å²) in [5, 5.41) is 21.3. The number of nitriles is 1. The number of hydrogen-bond donors (Lipinski definition) is 2. The number of aliphatic hydroxyl groups excluding tert-OH is 1. The summed E-state index contributed by atoms with van der Waals surface area (Å²) >= 11 is 0. The molecule has 156 valence electrons. The second kappa shape index (κ2) is 7.57. The minimum atomic E-state index is -5.97. The quantitative estimate of drug-likeness (QED) is 0.703. The number of aliphatic hydroxyl groups is 1. The van der Waals surface area contributed by atoms with Crippen LogP contribution in [0.3, 0.4) is 0 Å². The lowest BCUT2D eigenvalue weighted by Crippen LogP contribution is -2.30. The Morgan fingerprint density at radius 3 is 2.59 bits per heavy atom. The van der Waals surface area contributed by atoms with Crippen LogP contribution < -0.4 is 5.32 Å². The van der Waals surface area contributed by atoms with E-state index in [0.717, 1.165) is 6.08 Å². The molecule has 1 fully saturated rings. The van der Waals surface area contributed by atoms with Gasteiger partial charge in [0.05, 0.1) is 22.4 Å². The Morgan fingerprint density at radius 1 is 1.45 bits per heavy atom. The molecule has 1 aliphatic rings. The topological polar surface area (TPSA) is 103 Å². The third kappa shape index (κ3) is 4.15. The van der Waals surface area contributed by atoms with Crippen LogP contribution >= 0.6 is 0 Å². The summed E-state index contributed by atoms with van der Waals surface area (Å²) in [7, 11) is -5.97.